The second-order valence-electron chi connectivity index (χ2n) is 6.12. The van der Waals surface area contributed by atoms with Crippen LogP contribution in [0.15, 0.2) is 22.7 Å². The van der Waals surface area contributed by atoms with Gasteiger partial charge in [0.2, 0.25) is 0 Å². The van der Waals surface area contributed by atoms with Gasteiger partial charge in [-0.3, -0.25) is 0 Å². The highest BCUT2D eigenvalue weighted by Gasteiger charge is 2.23. The lowest BCUT2D eigenvalue weighted by Gasteiger charge is -2.36. The van der Waals surface area contributed by atoms with Crippen LogP contribution in [0.25, 0.3) is 0 Å². The Labute approximate surface area is 132 Å². The van der Waals surface area contributed by atoms with E-state index in [1.807, 2.05) is 0 Å². The number of nitrogens with zero attached hydrogens (tertiary/aromatic N) is 1. The van der Waals surface area contributed by atoms with Crippen LogP contribution in [0.5, 0.6) is 0 Å². The summed E-state index contributed by atoms with van der Waals surface area (Å²) >= 11 is 3.62. The Balaban J connectivity index is 2.09. The zero-order valence-electron chi connectivity index (χ0n) is 13.0. The van der Waals surface area contributed by atoms with E-state index in [2.05, 4.69) is 65.1 Å². The quantitative estimate of drug-likeness (QED) is 0.854. The SMILES string of the molecule is CCNCc1ccc(Br)cc1N1CCC(C(C)C)CC1. The number of rotatable bonds is 5. The molecule has 0 unspecified atom stereocenters. The van der Waals surface area contributed by atoms with E-state index >= 15 is 0 Å². The Kier molecular flexibility index (Phi) is 5.91. The van der Waals surface area contributed by atoms with Crippen molar-refractivity contribution < 1.29 is 0 Å². The lowest BCUT2D eigenvalue weighted by molar-refractivity contribution is 0.311. The first-order valence-corrected chi connectivity index (χ1v) is 8.65. The Morgan fingerprint density at radius 1 is 1.30 bits per heavy atom. The van der Waals surface area contributed by atoms with E-state index in [-0.39, 0.29) is 0 Å². The van der Waals surface area contributed by atoms with Gasteiger partial charge >= 0.3 is 0 Å². The standard InChI is InChI=1S/C17H27BrN2/c1-4-19-12-15-5-6-16(18)11-17(15)20-9-7-14(8-10-20)13(2)3/h5-6,11,13-14,19H,4,7-10,12H2,1-3H3. The molecule has 1 aromatic carbocycles. The Morgan fingerprint density at radius 2 is 2.00 bits per heavy atom. The molecule has 3 heteroatoms. The number of hydrogen-bond donors (Lipinski definition) is 1. The maximum absolute atomic E-state index is 3.62. The number of anilines is 1. The highest BCUT2D eigenvalue weighted by atomic mass is 79.9. The third kappa shape index (κ3) is 3.98. The van der Waals surface area contributed by atoms with Gasteiger partial charge in [0.15, 0.2) is 0 Å². The molecule has 0 spiro atoms. The molecule has 0 atom stereocenters. The summed E-state index contributed by atoms with van der Waals surface area (Å²) in [6.07, 6.45) is 2.65. The van der Waals surface area contributed by atoms with Gasteiger partial charge in [-0.25, -0.2) is 0 Å². The Hall–Kier alpha value is -0.540. The van der Waals surface area contributed by atoms with E-state index in [4.69, 9.17) is 0 Å². The smallest absolute Gasteiger partial charge is 0.0423 e. The minimum Gasteiger partial charge on any atom is -0.371 e. The van der Waals surface area contributed by atoms with E-state index in [9.17, 15) is 0 Å². The van der Waals surface area contributed by atoms with Crippen LogP contribution in [-0.2, 0) is 6.54 Å². The van der Waals surface area contributed by atoms with Gasteiger partial charge in [-0.05, 0) is 48.9 Å². The van der Waals surface area contributed by atoms with E-state index in [0.717, 1.165) is 24.9 Å². The fraction of sp³-hybridized carbons (Fsp3) is 0.647. The predicted molar refractivity (Wildman–Crippen MR) is 91.3 cm³/mol. The van der Waals surface area contributed by atoms with Gasteiger partial charge in [0.25, 0.3) is 0 Å². The summed E-state index contributed by atoms with van der Waals surface area (Å²) in [5, 5.41) is 3.45. The number of halogens is 1. The van der Waals surface area contributed by atoms with Gasteiger partial charge in [0.1, 0.15) is 0 Å². The minimum atomic E-state index is 0.820. The number of piperidine rings is 1. The zero-order valence-corrected chi connectivity index (χ0v) is 14.5. The van der Waals surface area contributed by atoms with Crippen LogP contribution >= 0.6 is 15.9 Å². The van der Waals surface area contributed by atoms with Crippen molar-refractivity contribution in [1.29, 1.82) is 0 Å². The molecule has 2 nitrogen and oxygen atoms in total. The second kappa shape index (κ2) is 7.46. The maximum Gasteiger partial charge on any atom is 0.0423 e. The van der Waals surface area contributed by atoms with Crippen LogP contribution in [0.1, 0.15) is 39.2 Å². The predicted octanol–water partition coefficient (Wildman–Crippen LogP) is 4.43. The molecule has 0 amide bonds. The van der Waals surface area contributed by atoms with Crippen LogP contribution in [0.3, 0.4) is 0 Å². The van der Waals surface area contributed by atoms with Gasteiger partial charge in [-0.15, -0.1) is 0 Å². The first-order valence-electron chi connectivity index (χ1n) is 7.86. The lowest BCUT2D eigenvalue weighted by atomic mass is 9.86. The van der Waals surface area contributed by atoms with Crippen molar-refractivity contribution in [1.82, 2.24) is 5.32 Å². The lowest BCUT2D eigenvalue weighted by Crippen LogP contribution is -2.36. The van der Waals surface area contributed by atoms with E-state index in [1.54, 1.807) is 0 Å². The van der Waals surface area contributed by atoms with Crippen LogP contribution in [0, 0.1) is 11.8 Å². The van der Waals surface area contributed by atoms with Crippen LogP contribution in [-0.4, -0.2) is 19.6 Å². The summed E-state index contributed by atoms with van der Waals surface area (Å²) < 4.78 is 1.18. The minimum absolute atomic E-state index is 0.820. The average Bonchev–Trinajstić information content (AvgIpc) is 2.46. The molecule has 1 aliphatic heterocycles. The van der Waals surface area contributed by atoms with Gasteiger partial charge < -0.3 is 10.2 Å². The fourth-order valence-corrected chi connectivity index (χ4v) is 3.40. The number of benzene rings is 1. The van der Waals surface area contributed by atoms with Crippen molar-refractivity contribution >= 4 is 21.6 Å². The van der Waals surface area contributed by atoms with Crippen LogP contribution in [0.4, 0.5) is 5.69 Å². The molecule has 1 saturated heterocycles. The molecular formula is C17H27BrN2. The number of nitrogens with one attached hydrogen (secondary N) is 1. The van der Waals surface area contributed by atoms with Crippen LogP contribution in [0.2, 0.25) is 0 Å². The van der Waals surface area contributed by atoms with E-state index in [1.165, 1.54) is 41.7 Å². The van der Waals surface area contributed by atoms with Crippen molar-refractivity contribution in [3.05, 3.63) is 28.2 Å². The van der Waals surface area contributed by atoms with Crippen LogP contribution < -0.4 is 10.2 Å². The molecule has 0 bridgehead atoms. The Morgan fingerprint density at radius 3 is 2.60 bits per heavy atom. The molecule has 1 fully saturated rings. The molecule has 0 aromatic heterocycles. The molecule has 0 aliphatic carbocycles. The molecule has 1 aromatic rings. The summed E-state index contributed by atoms with van der Waals surface area (Å²) in [7, 11) is 0. The summed E-state index contributed by atoms with van der Waals surface area (Å²) in [4.78, 5) is 2.57. The fourth-order valence-electron chi connectivity index (χ4n) is 3.05. The highest BCUT2D eigenvalue weighted by Crippen LogP contribution is 2.31. The topological polar surface area (TPSA) is 15.3 Å². The molecular weight excluding hydrogens is 312 g/mol. The van der Waals surface area contributed by atoms with E-state index < -0.39 is 0 Å². The largest absolute Gasteiger partial charge is 0.371 e. The molecule has 1 heterocycles. The van der Waals surface area contributed by atoms with Gasteiger partial charge in [-0.1, -0.05) is 42.8 Å². The van der Waals surface area contributed by atoms with Crippen molar-refractivity contribution in [3.63, 3.8) is 0 Å². The van der Waals surface area contributed by atoms with Crippen molar-refractivity contribution in [2.24, 2.45) is 11.8 Å². The first-order chi connectivity index (χ1) is 9.61. The van der Waals surface area contributed by atoms with Gasteiger partial charge in [0.05, 0.1) is 0 Å². The molecule has 0 radical (unpaired) electrons. The first kappa shape index (κ1) is 15.8. The van der Waals surface area contributed by atoms with Gasteiger partial charge in [0, 0.05) is 29.8 Å². The molecule has 2 rings (SSSR count). The molecule has 1 N–H and O–H groups in total. The Bertz CT molecular complexity index is 423. The third-order valence-electron chi connectivity index (χ3n) is 4.44. The maximum atomic E-state index is 3.62. The average molecular weight is 339 g/mol. The molecule has 112 valence electrons. The molecule has 0 saturated carbocycles. The van der Waals surface area contributed by atoms with Crippen molar-refractivity contribution in [3.8, 4) is 0 Å². The third-order valence-corrected chi connectivity index (χ3v) is 4.93. The van der Waals surface area contributed by atoms with Gasteiger partial charge in [-0.2, -0.15) is 0 Å². The summed E-state index contributed by atoms with van der Waals surface area (Å²) in [5.41, 5.74) is 2.82. The van der Waals surface area contributed by atoms with E-state index in [0.29, 0.717) is 0 Å². The van der Waals surface area contributed by atoms with Crippen molar-refractivity contribution in [2.45, 2.75) is 40.2 Å². The second-order valence-corrected chi connectivity index (χ2v) is 7.04. The van der Waals surface area contributed by atoms with Crippen molar-refractivity contribution in [2.75, 3.05) is 24.5 Å². The number of hydrogen-bond acceptors (Lipinski definition) is 2. The highest BCUT2D eigenvalue weighted by molar-refractivity contribution is 9.10. The summed E-state index contributed by atoms with van der Waals surface area (Å²) in [6, 6.07) is 6.68. The monoisotopic (exact) mass is 338 g/mol. The zero-order chi connectivity index (χ0) is 14.5. The molecule has 20 heavy (non-hydrogen) atoms. The summed E-state index contributed by atoms with van der Waals surface area (Å²) in [5.74, 6) is 1.72. The normalized spacial score (nSPS) is 16.9. The summed E-state index contributed by atoms with van der Waals surface area (Å²) in [6.45, 7) is 11.2. The molecule has 1 aliphatic rings.